The predicted octanol–water partition coefficient (Wildman–Crippen LogP) is 3.67. The number of Topliss-reactive ketones (excluding diaryl/α,β-unsaturated/α-hetero) is 1. The number of nitrogens with zero attached hydrogens (tertiary/aromatic N) is 3. The van der Waals surface area contributed by atoms with Crippen molar-refractivity contribution in [1.29, 1.82) is 0 Å². The molecule has 0 unspecified atom stereocenters. The Hall–Kier alpha value is -3.51. The van der Waals surface area contributed by atoms with Gasteiger partial charge < -0.3 is 4.90 Å². The Labute approximate surface area is 196 Å². The van der Waals surface area contributed by atoms with E-state index in [2.05, 4.69) is 4.98 Å². The first-order valence-corrected chi connectivity index (χ1v) is 11.3. The van der Waals surface area contributed by atoms with Gasteiger partial charge in [0, 0.05) is 58.7 Å². The summed E-state index contributed by atoms with van der Waals surface area (Å²) in [6.07, 6.45) is 6.83. The Balaban J connectivity index is 1.45. The van der Waals surface area contributed by atoms with E-state index in [1.54, 1.807) is 24.4 Å². The van der Waals surface area contributed by atoms with E-state index in [0.717, 1.165) is 45.5 Å². The zero-order valence-electron chi connectivity index (χ0n) is 18.0. The van der Waals surface area contributed by atoms with Crippen LogP contribution in [0.3, 0.4) is 0 Å². The number of rotatable bonds is 2. The maximum Gasteiger partial charge on any atom is 0.227 e. The molecule has 7 heteroatoms. The first kappa shape index (κ1) is 21.3. The quantitative estimate of drug-likeness (QED) is 0.468. The van der Waals surface area contributed by atoms with Crippen molar-refractivity contribution in [2.24, 2.45) is 0 Å². The van der Waals surface area contributed by atoms with Crippen molar-refractivity contribution in [3.63, 3.8) is 0 Å². The fourth-order valence-corrected chi connectivity index (χ4v) is 4.83. The molecule has 1 N–H and O–H groups in total. The lowest BCUT2D eigenvalue weighted by atomic mass is 9.88. The fraction of sp³-hybridized carbons (Fsp3) is 0.231. The number of pyridine rings is 2. The van der Waals surface area contributed by atoms with E-state index in [0.29, 0.717) is 36.5 Å². The van der Waals surface area contributed by atoms with Crippen molar-refractivity contribution in [2.75, 3.05) is 13.1 Å². The molecule has 166 valence electrons. The number of hydrogen-bond donors (Lipinski definition) is 1. The number of ketones is 1. The summed E-state index contributed by atoms with van der Waals surface area (Å²) in [5, 5.41) is 9.91. The van der Waals surface area contributed by atoms with Crippen molar-refractivity contribution in [3.05, 3.63) is 99.6 Å². The van der Waals surface area contributed by atoms with Crippen LogP contribution in [0.25, 0.3) is 5.57 Å². The molecule has 3 aromatic rings. The Morgan fingerprint density at radius 3 is 2.61 bits per heavy atom. The van der Waals surface area contributed by atoms with E-state index in [1.807, 2.05) is 29.2 Å². The fourth-order valence-electron chi connectivity index (χ4n) is 4.65. The van der Waals surface area contributed by atoms with Gasteiger partial charge in [0.05, 0.1) is 12.1 Å². The Morgan fingerprint density at radius 1 is 1.09 bits per heavy atom. The van der Waals surface area contributed by atoms with Crippen LogP contribution in [0.2, 0.25) is 5.02 Å². The van der Waals surface area contributed by atoms with Gasteiger partial charge in [0.1, 0.15) is 0 Å². The number of fused-ring (bicyclic) bond motifs is 2. The molecule has 6 nitrogen and oxygen atoms in total. The van der Waals surface area contributed by atoms with Crippen LogP contribution in [0.15, 0.2) is 66.6 Å². The SMILES string of the molecule is O=C1Cc2cccnc2C(=C2CCN(C(=O)Cc3cc[n+](O)cc3)CC2)c2ccc(Cl)cc21. The summed E-state index contributed by atoms with van der Waals surface area (Å²) in [5.74, 6) is 0.105. The third-order valence-electron chi connectivity index (χ3n) is 6.34. The van der Waals surface area contributed by atoms with E-state index in [9.17, 15) is 14.8 Å². The van der Waals surface area contributed by atoms with Crippen molar-refractivity contribution < 1.29 is 19.5 Å². The first-order valence-electron chi connectivity index (χ1n) is 11.0. The molecular formula is C26H23ClN3O3+. The normalized spacial score (nSPS) is 15.7. The summed E-state index contributed by atoms with van der Waals surface area (Å²) in [6, 6.07) is 12.8. The lowest BCUT2D eigenvalue weighted by Gasteiger charge is -2.30. The molecule has 2 aliphatic rings. The molecule has 1 aliphatic heterocycles. The minimum absolute atomic E-state index is 0.0389. The predicted molar refractivity (Wildman–Crippen MR) is 123 cm³/mol. The summed E-state index contributed by atoms with van der Waals surface area (Å²) in [4.78, 5) is 32.4. The monoisotopic (exact) mass is 460 g/mol. The van der Waals surface area contributed by atoms with Crippen LogP contribution in [-0.4, -0.2) is 39.9 Å². The average molecular weight is 461 g/mol. The molecule has 0 bridgehead atoms. The highest BCUT2D eigenvalue weighted by molar-refractivity contribution is 6.31. The van der Waals surface area contributed by atoms with Gasteiger partial charge in [-0.15, -0.1) is 0 Å². The van der Waals surface area contributed by atoms with Crippen LogP contribution >= 0.6 is 11.6 Å². The lowest BCUT2D eigenvalue weighted by molar-refractivity contribution is -0.904. The molecule has 1 fully saturated rings. The molecular weight excluding hydrogens is 438 g/mol. The molecule has 1 aromatic carbocycles. The van der Waals surface area contributed by atoms with Crippen LogP contribution in [-0.2, 0) is 17.6 Å². The van der Waals surface area contributed by atoms with E-state index in [-0.39, 0.29) is 11.7 Å². The lowest BCUT2D eigenvalue weighted by Crippen LogP contribution is -2.37. The smallest absolute Gasteiger partial charge is 0.227 e. The Kier molecular flexibility index (Phi) is 5.68. The molecule has 5 rings (SSSR count). The summed E-state index contributed by atoms with van der Waals surface area (Å²) in [7, 11) is 0. The summed E-state index contributed by atoms with van der Waals surface area (Å²) in [5.41, 5.74) is 6.35. The Morgan fingerprint density at radius 2 is 1.85 bits per heavy atom. The van der Waals surface area contributed by atoms with E-state index >= 15 is 0 Å². The minimum atomic E-state index is 0.0389. The number of likely N-dealkylation sites (tertiary alicyclic amines) is 1. The summed E-state index contributed by atoms with van der Waals surface area (Å²) in [6.45, 7) is 1.23. The van der Waals surface area contributed by atoms with Crippen molar-refractivity contribution >= 4 is 28.9 Å². The van der Waals surface area contributed by atoms with Crippen molar-refractivity contribution in [1.82, 2.24) is 9.88 Å². The number of hydrogen-bond acceptors (Lipinski definition) is 4. The second-order valence-corrected chi connectivity index (χ2v) is 8.86. The van der Waals surface area contributed by atoms with Gasteiger partial charge in [-0.1, -0.05) is 29.3 Å². The van der Waals surface area contributed by atoms with Gasteiger partial charge in [-0.2, -0.15) is 0 Å². The Bertz CT molecular complexity index is 1270. The zero-order chi connectivity index (χ0) is 22.9. The van der Waals surface area contributed by atoms with Crippen LogP contribution < -0.4 is 4.73 Å². The largest absolute Gasteiger partial charge is 0.342 e. The van der Waals surface area contributed by atoms with Gasteiger partial charge in [-0.3, -0.25) is 19.8 Å². The highest BCUT2D eigenvalue weighted by atomic mass is 35.5. The van der Waals surface area contributed by atoms with Gasteiger partial charge in [-0.05, 0) is 47.7 Å². The van der Waals surface area contributed by atoms with Crippen LogP contribution in [0.4, 0.5) is 0 Å². The number of aromatic nitrogens is 2. The minimum Gasteiger partial charge on any atom is -0.342 e. The molecule has 1 amide bonds. The van der Waals surface area contributed by atoms with Crippen molar-refractivity contribution in [3.8, 4) is 0 Å². The molecule has 1 saturated heterocycles. The molecule has 3 heterocycles. The number of benzene rings is 1. The molecule has 0 saturated carbocycles. The molecule has 33 heavy (non-hydrogen) atoms. The number of amides is 1. The maximum atomic E-state index is 13.0. The molecule has 1 aliphatic carbocycles. The second-order valence-electron chi connectivity index (χ2n) is 8.42. The molecule has 2 aromatic heterocycles. The van der Waals surface area contributed by atoms with Gasteiger partial charge in [0.25, 0.3) is 0 Å². The molecule has 0 atom stereocenters. The standard InChI is InChI=1S/C26H23ClN3O3/c27-20-3-4-21-22(16-20)23(31)15-19-2-1-9-28-26(19)25(21)18-7-10-29(11-8-18)24(32)14-17-5-12-30(33)13-6-17/h1-6,9,12-13,16,33H,7-8,10-11,14-15H2/q+1. The molecule has 0 spiro atoms. The van der Waals surface area contributed by atoms with Crippen LogP contribution in [0, 0.1) is 0 Å². The van der Waals surface area contributed by atoms with E-state index < -0.39 is 0 Å². The van der Waals surface area contributed by atoms with Gasteiger partial charge in [-0.25, -0.2) is 0 Å². The summed E-state index contributed by atoms with van der Waals surface area (Å²) >= 11 is 6.23. The van der Waals surface area contributed by atoms with Gasteiger partial charge in [0.2, 0.25) is 18.3 Å². The highest BCUT2D eigenvalue weighted by Crippen LogP contribution is 2.38. The van der Waals surface area contributed by atoms with E-state index in [4.69, 9.17) is 11.6 Å². The van der Waals surface area contributed by atoms with Gasteiger partial charge >= 0.3 is 0 Å². The third kappa shape index (κ3) is 4.26. The summed E-state index contributed by atoms with van der Waals surface area (Å²) < 4.78 is 0.960. The number of piperidine rings is 1. The third-order valence-corrected chi connectivity index (χ3v) is 6.58. The van der Waals surface area contributed by atoms with Crippen molar-refractivity contribution in [2.45, 2.75) is 25.7 Å². The first-order chi connectivity index (χ1) is 16.0. The topological polar surface area (TPSA) is 74.4 Å². The maximum absolute atomic E-state index is 13.0. The average Bonchev–Trinajstić information content (AvgIpc) is 2.94. The van der Waals surface area contributed by atoms with Crippen LogP contribution in [0.5, 0.6) is 0 Å². The zero-order valence-corrected chi connectivity index (χ0v) is 18.8. The number of halogens is 1. The van der Waals surface area contributed by atoms with Gasteiger partial charge in [0.15, 0.2) is 5.78 Å². The highest BCUT2D eigenvalue weighted by Gasteiger charge is 2.29. The number of carbonyl (C=O) groups is 2. The van der Waals surface area contributed by atoms with Crippen LogP contribution in [0.1, 0.15) is 45.6 Å². The second kappa shape index (κ2) is 8.79. The number of carbonyl (C=O) groups excluding carboxylic acids is 2. The van der Waals surface area contributed by atoms with E-state index in [1.165, 1.54) is 18.0 Å². The molecule has 0 radical (unpaired) electrons.